The lowest BCUT2D eigenvalue weighted by atomic mass is 9.98. The molecule has 1 unspecified atom stereocenters. The summed E-state index contributed by atoms with van der Waals surface area (Å²) in [4.78, 5) is 8.84. The Morgan fingerprint density at radius 3 is 2.32 bits per heavy atom. The summed E-state index contributed by atoms with van der Waals surface area (Å²) < 4.78 is 5.10. The summed E-state index contributed by atoms with van der Waals surface area (Å²) in [5.41, 5.74) is 0. The second-order valence-electron chi connectivity index (χ2n) is 5.12. The molecule has 0 spiro atoms. The molecule has 0 bridgehead atoms. The summed E-state index contributed by atoms with van der Waals surface area (Å²) >= 11 is 0. The molecule has 1 aromatic rings. The maximum absolute atomic E-state index is 5.10. The molecule has 1 rings (SSSR count). The predicted octanol–water partition coefficient (Wildman–Crippen LogP) is 2.76. The molecule has 5 heteroatoms. The van der Waals surface area contributed by atoms with Crippen molar-refractivity contribution in [3.8, 4) is 0 Å². The van der Waals surface area contributed by atoms with Gasteiger partial charge >= 0.3 is 0 Å². The van der Waals surface area contributed by atoms with Gasteiger partial charge in [-0.1, -0.05) is 20.8 Å². The van der Waals surface area contributed by atoms with Crippen molar-refractivity contribution in [2.45, 2.75) is 34.3 Å². The summed E-state index contributed by atoms with van der Waals surface area (Å²) in [6, 6.07) is 1.94. The molecule has 19 heavy (non-hydrogen) atoms. The molecule has 108 valence electrons. The van der Waals surface area contributed by atoms with Gasteiger partial charge in [0, 0.05) is 26.3 Å². The minimum Gasteiger partial charge on any atom is -0.377 e. The van der Waals surface area contributed by atoms with E-state index in [0.29, 0.717) is 24.3 Å². The summed E-state index contributed by atoms with van der Waals surface area (Å²) in [7, 11) is 1.65. The first-order valence-corrected chi connectivity index (χ1v) is 6.91. The van der Waals surface area contributed by atoms with Crippen molar-refractivity contribution in [2.75, 3.05) is 30.8 Å². The molecular weight excluding hydrogens is 240 g/mol. The van der Waals surface area contributed by atoms with Gasteiger partial charge in [-0.2, -0.15) is 0 Å². The number of rotatable bonds is 8. The first kappa shape index (κ1) is 15.7. The molecule has 0 amide bonds. The molecule has 1 aromatic heterocycles. The minimum atomic E-state index is 0.424. The monoisotopic (exact) mass is 266 g/mol. The highest BCUT2D eigenvalue weighted by Gasteiger charge is 2.09. The maximum atomic E-state index is 5.10. The molecular formula is C14H26N4O. The van der Waals surface area contributed by atoms with Gasteiger partial charge in [-0.25, -0.2) is 9.97 Å². The van der Waals surface area contributed by atoms with Gasteiger partial charge in [0.15, 0.2) is 5.82 Å². The molecule has 0 aliphatic rings. The van der Waals surface area contributed by atoms with Crippen molar-refractivity contribution < 1.29 is 4.74 Å². The Bertz CT molecular complexity index is 357. The molecule has 0 aliphatic heterocycles. The van der Waals surface area contributed by atoms with E-state index in [1.807, 2.05) is 13.0 Å². The van der Waals surface area contributed by atoms with E-state index >= 15 is 0 Å². The highest BCUT2D eigenvalue weighted by molar-refractivity contribution is 5.47. The highest BCUT2D eigenvalue weighted by atomic mass is 16.5. The van der Waals surface area contributed by atoms with Gasteiger partial charge in [-0.05, 0) is 18.8 Å². The zero-order chi connectivity index (χ0) is 14.3. The molecule has 0 saturated carbocycles. The third kappa shape index (κ3) is 5.42. The van der Waals surface area contributed by atoms with E-state index in [4.69, 9.17) is 4.74 Å². The molecule has 0 aliphatic carbocycles. The van der Waals surface area contributed by atoms with E-state index in [1.165, 1.54) is 0 Å². The SMILES string of the molecule is CCNc1cc(NCC(C)C(C)C)nc(COC)n1. The van der Waals surface area contributed by atoms with Crippen LogP contribution in [-0.2, 0) is 11.3 Å². The van der Waals surface area contributed by atoms with Gasteiger partial charge in [0.25, 0.3) is 0 Å². The molecule has 5 nitrogen and oxygen atoms in total. The van der Waals surface area contributed by atoms with Crippen LogP contribution >= 0.6 is 0 Å². The van der Waals surface area contributed by atoms with Crippen LogP contribution < -0.4 is 10.6 Å². The zero-order valence-corrected chi connectivity index (χ0v) is 12.7. The molecule has 2 N–H and O–H groups in total. The fraction of sp³-hybridized carbons (Fsp3) is 0.714. The van der Waals surface area contributed by atoms with Crippen LogP contribution in [0.25, 0.3) is 0 Å². The van der Waals surface area contributed by atoms with E-state index < -0.39 is 0 Å². The third-order valence-electron chi connectivity index (χ3n) is 3.15. The standard InChI is InChI=1S/C14H26N4O/c1-6-15-12-7-13(16-8-11(4)10(2)3)18-14(17-12)9-19-5/h7,10-11H,6,8-9H2,1-5H3,(H2,15,16,17,18). The number of nitrogens with zero attached hydrogens (tertiary/aromatic N) is 2. The lowest BCUT2D eigenvalue weighted by Gasteiger charge is -2.17. The highest BCUT2D eigenvalue weighted by Crippen LogP contribution is 2.14. The van der Waals surface area contributed by atoms with E-state index in [1.54, 1.807) is 7.11 Å². The van der Waals surface area contributed by atoms with Crippen LogP contribution in [0.2, 0.25) is 0 Å². The van der Waals surface area contributed by atoms with E-state index in [2.05, 4.69) is 41.4 Å². The third-order valence-corrected chi connectivity index (χ3v) is 3.15. The van der Waals surface area contributed by atoms with Crippen LogP contribution in [0, 0.1) is 11.8 Å². The van der Waals surface area contributed by atoms with Gasteiger partial charge in [0.1, 0.15) is 18.2 Å². The molecule has 1 heterocycles. The number of hydrogen-bond acceptors (Lipinski definition) is 5. The fourth-order valence-electron chi connectivity index (χ4n) is 1.55. The Kier molecular flexibility index (Phi) is 6.56. The molecule has 0 saturated heterocycles. The van der Waals surface area contributed by atoms with Crippen molar-refractivity contribution >= 4 is 11.6 Å². The number of methoxy groups -OCH3 is 1. The summed E-state index contributed by atoms with van der Waals surface area (Å²) in [5, 5.41) is 6.59. The van der Waals surface area contributed by atoms with E-state index in [0.717, 1.165) is 24.7 Å². The average molecular weight is 266 g/mol. The number of aromatic nitrogens is 2. The van der Waals surface area contributed by atoms with Crippen LogP contribution in [0.4, 0.5) is 11.6 Å². The Morgan fingerprint density at radius 2 is 1.79 bits per heavy atom. The van der Waals surface area contributed by atoms with Crippen molar-refractivity contribution in [1.29, 1.82) is 0 Å². The number of hydrogen-bond donors (Lipinski definition) is 2. The summed E-state index contributed by atoms with van der Waals surface area (Å²) in [5.74, 6) is 3.64. The summed E-state index contributed by atoms with van der Waals surface area (Å²) in [6.45, 7) is 10.9. The van der Waals surface area contributed by atoms with Crippen molar-refractivity contribution in [2.24, 2.45) is 11.8 Å². The van der Waals surface area contributed by atoms with Crippen LogP contribution in [-0.4, -0.2) is 30.2 Å². The Labute approximate surface area is 116 Å². The average Bonchev–Trinajstić information content (AvgIpc) is 2.36. The van der Waals surface area contributed by atoms with Crippen LogP contribution in [0.1, 0.15) is 33.5 Å². The summed E-state index contributed by atoms with van der Waals surface area (Å²) in [6.07, 6.45) is 0. The van der Waals surface area contributed by atoms with Gasteiger partial charge in [0.2, 0.25) is 0 Å². The minimum absolute atomic E-state index is 0.424. The van der Waals surface area contributed by atoms with E-state index in [9.17, 15) is 0 Å². The topological polar surface area (TPSA) is 59.1 Å². The van der Waals surface area contributed by atoms with Gasteiger partial charge in [-0.3, -0.25) is 0 Å². The maximum Gasteiger partial charge on any atom is 0.158 e. The van der Waals surface area contributed by atoms with E-state index in [-0.39, 0.29) is 0 Å². The molecule has 0 radical (unpaired) electrons. The first-order valence-electron chi connectivity index (χ1n) is 6.91. The number of anilines is 2. The van der Waals surface area contributed by atoms with Crippen LogP contribution in [0.15, 0.2) is 6.07 Å². The largest absolute Gasteiger partial charge is 0.377 e. The Balaban J connectivity index is 2.74. The molecule has 0 fully saturated rings. The van der Waals surface area contributed by atoms with Crippen LogP contribution in [0.3, 0.4) is 0 Å². The van der Waals surface area contributed by atoms with Gasteiger partial charge in [0.05, 0.1) is 0 Å². The van der Waals surface area contributed by atoms with Gasteiger partial charge in [-0.15, -0.1) is 0 Å². The first-order chi connectivity index (χ1) is 9.06. The van der Waals surface area contributed by atoms with Crippen molar-refractivity contribution in [1.82, 2.24) is 9.97 Å². The fourth-order valence-corrected chi connectivity index (χ4v) is 1.55. The number of ether oxygens (including phenoxy) is 1. The quantitative estimate of drug-likeness (QED) is 0.757. The predicted molar refractivity (Wildman–Crippen MR) is 79.4 cm³/mol. The molecule has 1 atom stereocenters. The van der Waals surface area contributed by atoms with Crippen molar-refractivity contribution in [3.63, 3.8) is 0 Å². The Morgan fingerprint density at radius 1 is 1.16 bits per heavy atom. The molecule has 0 aromatic carbocycles. The lowest BCUT2D eigenvalue weighted by molar-refractivity contribution is 0.178. The smallest absolute Gasteiger partial charge is 0.158 e. The van der Waals surface area contributed by atoms with Gasteiger partial charge < -0.3 is 15.4 Å². The zero-order valence-electron chi connectivity index (χ0n) is 12.7. The van der Waals surface area contributed by atoms with Crippen molar-refractivity contribution in [3.05, 3.63) is 11.9 Å². The lowest BCUT2D eigenvalue weighted by Crippen LogP contribution is -2.17. The normalized spacial score (nSPS) is 12.5. The Hall–Kier alpha value is -1.36. The number of nitrogens with one attached hydrogen (secondary N) is 2. The van der Waals surface area contributed by atoms with Crippen LogP contribution in [0.5, 0.6) is 0 Å². The second-order valence-corrected chi connectivity index (χ2v) is 5.12. The second kappa shape index (κ2) is 7.94.